The summed E-state index contributed by atoms with van der Waals surface area (Å²) in [6.45, 7) is 8.52. The molecule has 0 aromatic rings. The number of rotatable bonds is 7. The van der Waals surface area contributed by atoms with Gasteiger partial charge in [0.25, 0.3) is 0 Å². The van der Waals surface area contributed by atoms with E-state index in [0.717, 1.165) is 18.8 Å². The van der Waals surface area contributed by atoms with E-state index in [2.05, 4.69) is 12.2 Å². The van der Waals surface area contributed by atoms with Crippen LogP contribution in [0.1, 0.15) is 59.8 Å². The van der Waals surface area contributed by atoms with Gasteiger partial charge in [0.2, 0.25) is 0 Å². The summed E-state index contributed by atoms with van der Waals surface area (Å²) in [5.74, 6) is 0.519. The van der Waals surface area contributed by atoms with Crippen LogP contribution in [0.4, 0.5) is 0 Å². The number of nitrogens with one attached hydrogen (secondary N) is 1. The molecule has 0 amide bonds. The van der Waals surface area contributed by atoms with E-state index < -0.39 is 5.54 Å². The summed E-state index contributed by atoms with van der Waals surface area (Å²) < 4.78 is 11.0. The second kappa shape index (κ2) is 7.99. The van der Waals surface area contributed by atoms with E-state index in [4.69, 9.17) is 9.47 Å². The van der Waals surface area contributed by atoms with Crippen LogP contribution in [-0.2, 0) is 14.3 Å². The highest BCUT2D eigenvalue weighted by molar-refractivity contribution is 5.80. The Morgan fingerprint density at radius 1 is 1.40 bits per heavy atom. The van der Waals surface area contributed by atoms with Crippen LogP contribution in [0.3, 0.4) is 0 Å². The van der Waals surface area contributed by atoms with Crippen molar-refractivity contribution in [2.24, 2.45) is 5.92 Å². The van der Waals surface area contributed by atoms with Crippen LogP contribution in [0.5, 0.6) is 0 Å². The molecular formula is C16H31NO3. The Morgan fingerprint density at radius 2 is 2.10 bits per heavy atom. The van der Waals surface area contributed by atoms with Crippen molar-refractivity contribution in [3.8, 4) is 0 Å². The van der Waals surface area contributed by atoms with Crippen LogP contribution in [0, 0.1) is 5.92 Å². The Morgan fingerprint density at radius 3 is 2.65 bits per heavy atom. The lowest BCUT2D eigenvalue weighted by atomic mass is 9.85. The molecule has 0 aromatic carbocycles. The highest BCUT2D eigenvalue weighted by Crippen LogP contribution is 2.29. The van der Waals surface area contributed by atoms with Gasteiger partial charge in [-0.05, 0) is 39.5 Å². The number of carbonyl (C=O) groups is 1. The van der Waals surface area contributed by atoms with Gasteiger partial charge in [-0.25, -0.2) is 4.79 Å². The van der Waals surface area contributed by atoms with Crippen LogP contribution in [0.25, 0.3) is 0 Å². The molecule has 1 aliphatic carbocycles. The van der Waals surface area contributed by atoms with Crippen LogP contribution in [0.2, 0.25) is 0 Å². The molecule has 3 atom stereocenters. The highest BCUT2D eigenvalue weighted by Gasteiger charge is 2.36. The first-order valence-electron chi connectivity index (χ1n) is 7.89. The maximum Gasteiger partial charge on any atom is 0.328 e. The molecule has 0 heterocycles. The Labute approximate surface area is 123 Å². The fraction of sp³-hybridized carbons (Fsp3) is 0.938. The Kier molecular flexibility index (Phi) is 6.96. The fourth-order valence-electron chi connectivity index (χ4n) is 3.07. The molecule has 1 rings (SSSR count). The van der Waals surface area contributed by atoms with Crippen molar-refractivity contribution in [3.63, 3.8) is 0 Å². The Bertz CT molecular complexity index is 306. The second-order valence-corrected chi connectivity index (χ2v) is 6.50. The lowest BCUT2D eigenvalue weighted by Crippen LogP contribution is -2.56. The molecule has 0 saturated heterocycles. The summed E-state index contributed by atoms with van der Waals surface area (Å²) in [5.41, 5.74) is -0.762. The maximum absolute atomic E-state index is 12.0. The van der Waals surface area contributed by atoms with Crippen LogP contribution in [0.15, 0.2) is 0 Å². The lowest BCUT2D eigenvalue weighted by Gasteiger charge is -2.34. The van der Waals surface area contributed by atoms with Crippen molar-refractivity contribution >= 4 is 5.97 Å². The maximum atomic E-state index is 12.0. The monoisotopic (exact) mass is 285 g/mol. The molecule has 0 bridgehead atoms. The van der Waals surface area contributed by atoms with Crippen molar-refractivity contribution in [1.29, 1.82) is 0 Å². The molecule has 0 aromatic heterocycles. The van der Waals surface area contributed by atoms with Gasteiger partial charge in [0.1, 0.15) is 5.54 Å². The molecule has 20 heavy (non-hydrogen) atoms. The van der Waals surface area contributed by atoms with Crippen LogP contribution in [-0.4, -0.2) is 37.4 Å². The molecular weight excluding hydrogens is 254 g/mol. The predicted molar refractivity (Wildman–Crippen MR) is 80.7 cm³/mol. The van der Waals surface area contributed by atoms with E-state index in [-0.39, 0.29) is 18.1 Å². The van der Waals surface area contributed by atoms with Crippen LogP contribution < -0.4 is 5.32 Å². The quantitative estimate of drug-likeness (QED) is 0.731. The van der Waals surface area contributed by atoms with Crippen molar-refractivity contribution < 1.29 is 14.3 Å². The molecule has 1 saturated carbocycles. The third-order valence-corrected chi connectivity index (χ3v) is 4.16. The zero-order valence-corrected chi connectivity index (χ0v) is 13.7. The van der Waals surface area contributed by atoms with Crippen molar-refractivity contribution in [3.05, 3.63) is 0 Å². The normalized spacial score (nSPS) is 26.3. The highest BCUT2D eigenvalue weighted by atomic mass is 16.5. The lowest BCUT2D eigenvalue weighted by molar-refractivity contribution is -0.152. The molecule has 3 unspecified atom stereocenters. The molecule has 4 heteroatoms. The third kappa shape index (κ3) is 5.06. The van der Waals surface area contributed by atoms with E-state index >= 15 is 0 Å². The zero-order valence-electron chi connectivity index (χ0n) is 13.7. The SMILES string of the molecule is CCC1CCCC(OCC(C)(NC(C)C)C(=O)OC)C1. The van der Waals surface area contributed by atoms with Gasteiger partial charge < -0.3 is 9.47 Å². The van der Waals surface area contributed by atoms with Gasteiger partial charge in [-0.3, -0.25) is 5.32 Å². The van der Waals surface area contributed by atoms with Crippen LogP contribution >= 0.6 is 0 Å². The fourth-order valence-corrected chi connectivity index (χ4v) is 3.07. The zero-order chi connectivity index (χ0) is 15.2. The first-order valence-corrected chi connectivity index (χ1v) is 7.89. The average Bonchev–Trinajstić information content (AvgIpc) is 2.43. The molecule has 1 N–H and O–H groups in total. The topological polar surface area (TPSA) is 47.6 Å². The minimum absolute atomic E-state index is 0.206. The Hall–Kier alpha value is -0.610. The van der Waals surface area contributed by atoms with Gasteiger partial charge in [0.05, 0.1) is 19.8 Å². The average molecular weight is 285 g/mol. The smallest absolute Gasteiger partial charge is 0.328 e. The Balaban J connectivity index is 2.55. The second-order valence-electron chi connectivity index (χ2n) is 6.50. The van der Waals surface area contributed by atoms with E-state index in [0.29, 0.717) is 6.61 Å². The minimum Gasteiger partial charge on any atom is -0.468 e. The van der Waals surface area contributed by atoms with E-state index in [1.165, 1.54) is 26.4 Å². The molecule has 0 radical (unpaired) electrons. The molecule has 4 nitrogen and oxygen atoms in total. The summed E-state index contributed by atoms with van der Waals surface area (Å²) in [6.07, 6.45) is 6.28. The van der Waals surface area contributed by atoms with Gasteiger partial charge in [-0.1, -0.05) is 26.2 Å². The number of hydrogen-bond acceptors (Lipinski definition) is 4. The largest absolute Gasteiger partial charge is 0.468 e. The predicted octanol–water partition coefficient (Wildman–Crippen LogP) is 2.90. The van der Waals surface area contributed by atoms with Gasteiger partial charge in [-0.15, -0.1) is 0 Å². The third-order valence-electron chi connectivity index (χ3n) is 4.16. The molecule has 0 aliphatic heterocycles. The number of ether oxygens (including phenoxy) is 2. The summed E-state index contributed by atoms with van der Waals surface area (Å²) >= 11 is 0. The molecule has 0 spiro atoms. The van der Waals surface area contributed by atoms with Crippen molar-refractivity contribution in [1.82, 2.24) is 5.32 Å². The number of hydrogen-bond donors (Lipinski definition) is 1. The summed E-state index contributed by atoms with van der Waals surface area (Å²) in [6, 6.07) is 0.206. The summed E-state index contributed by atoms with van der Waals surface area (Å²) in [5, 5.41) is 3.27. The summed E-state index contributed by atoms with van der Waals surface area (Å²) in [7, 11) is 1.43. The van der Waals surface area contributed by atoms with E-state index in [9.17, 15) is 4.79 Å². The number of carbonyl (C=O) groups excluding carboxylic acids is 1. The molecule has 1 aliphatic rings. The van der Waals surface area contributed by atoms with Crippen molar-refractivity contribution in [2.75, 3.05) is 13.7 Å². The van der Waals surface area contributed by atoms with E-state index in [1.54, 1.807) is 0 Å². The van der Waals surface area contributed by atoms with Gasteiger partial charge in [0.15, 0.2) is 0 Å². The minimum atomic E-state index is -0.762. The van der Waals surface area contributed by atoms with Gasteiger partial charge in [0, 0.05) is 6.04 Å². The summed E-state index contributed by atoms with van der Waals surface area (Å²) in [4.78, 5) is 12.0. The number of esters is 1. The first-order chi connectivity index (χ1) is 9.41. The molecule has 1 fully saturated rings. The molecule has 118 valence electrons. The van der Waals surface area contributed by atoms with Gasteiger partial charge >= 0.3 is 5.97 Å². The standard InChI is InChI=1S/C16H31NO3/c1-6-13-8-7-9-14(10-13)20-11-16(4,15(18)19-5)17-12(2)3/h12-14,17H,6-11H2,1-5H3. The number of methoxy groups -OCH3 is 1. The van der Waals surface area contributed by atoms with Crippen molar-refractivity contribution in [2.45, 2.75) is 77.5 Å². The first kappa shape index (κ1) is 17.4. The van der Waals surface area contributed by atoms with Gasteiger partial charge in [-0.2, -0.15) is 0 Å². The van der Waals surface area contributed by atoms with E-state index in [1.807, 2.05) is 20.8 Å².